The van der Waals surface area contributed by atoms with Crippen LogP contribution in [0.1, 0.15) is 32.3 Å². The van der Waals surface area contributed by atoms with Gasteiger partial charge in [0.15, 0.2) is 0 Å². The van der Waals surface area contributed by atoms with Crippen molar-refractivity contribution in [2.45, 2.75) is 33.1 Å². The van der Waals surface area contributed by atoms with E-state index in [0.717, 1.165) is 22.9 Å². The maximum atomic E-state index is 11.9. The van der Waals surface area contributed by atoms with E-state index in [1.165, 1.54) is 0 Å². The van der Waals surface area contributed by atoms with Gasteiger partial charge in [-0.15, -0.1) is 0 Å². The van der Waals surface area contributed by atoms with Gasteiger partial charge in [0, 0.05) is 17.4 Å². The maximum absolute atomic E-state index is 11.9. The number of aliphatic imine (C=N–C) groups is 1. The van der Waals surface area contributed by atoms with Crippen LogP contribution in [0.3, 0.4) is 0 Å². The topological polar surface area (TPSA) is 38.7 Å². The molecule has 1 aromatic rings. The zero-order chi connectivity index (χ0) is 14.1. The molecule has 1 rings (SSSR count). The van der Waals surface area contributed by atoms with Gasteiger partial charge in [-0.3, -0.25) is 4.99 Å². The minimum Gasteiger partial charge on any atom is -0.461 e. The van der Waals surface area contributed by atoms with Gasteiger partial charge in [-0.25, -0.2) is 4.79 Å². The molecule has 1 aromatic carbocycles. The van der Waals surface area contributed by atoms with Crippen LogP contribution in [-0.4, -0.2) is 24.8 Å². The monoisotopic (exact) mass is 325 g/mol. The molecule has 0 heterocycles. The highest BCUT2D eigenvalue weighted by atomic mass is 79.9. The first-order chi connectivity index (χ1) is 9.17. The standard InChI is InChI=1S/C15H20BrNO2/c1-3-8-17-14(15(18)19-9-4-2)11-12-6-5-7-13(16)10-12/h5-7,10H,3-4,8-9,11H2,1-2H3. The lowest BCUT2D eigenvalue weighted by Gasteiger charge is -2.07. The van der Waals surface area contributed by atoms with Gasteiger partial charge in [0.05, 0.1) is 6.61 Å². The molecule has 0 saturated heterocycles. The van der Waals surface area contributed by atoms with Crippen molar-refractivity contribution in [3.8, 4) is 0 Å². The van der Waals surface area contributed by atoms with Crippen molar-refractivity contribution in [1.29, 1.82) is 0 Å². The lowest BCUT2D eigenvalue weighted by Crippen LogP contribution is -2.21. The van der Waals surface area contributed by atoms with Gasteiger partial charge in [-0.05, 0) is 30.5 Å². The number of hydrogen-bond acceptors (Lipinski definition) is 3. The third-order valence-electron chi connectivity index (χ3n) is 2.46. The molecule has 0 fully saturated rings. The second-order valence-corrected chi connectivity index (χ2v) is 5.19. The van der Waals surface area contributed by atoms with E-state index >= 15 is 0 Å². The van der Waals surface area contributed by atoms with Gasteiger partial charge in [0.2, 0.25) is 0 Å². The Kier molecular flexibility index (Phi) is 7.41. The summed E-state index contributed by atoms with van der Waals surface area (Å²) in [6.45, 7) is 5.12. The Hall–Kier alpha value is -1.16. The first-order valence-corrected chi connectivity index (χ1v) is 7.41. The number of rotatable bonds is 7. The molecule has 0 N–H and O–H groups in total. The average molecular weight is 326 g/mol. The van der Waals surface area contributed by atoms with Gasteiger partial charge < -0.3 is 4.74 Å². The molecule has 104 valence electrons. The Labute approximate surface area is 123 Å². The molecule has 0 aliphatic heterocycles. The summed E-state index contributed by atoms with van der Waals surface area (Å²) in [4.78, 5) is 16.3. The predicted molar refractivity (Wildman–Crippen MR) is 81.7 cm³/mol. The van der Waals surface area contributed by atoms with E-state index in [4.69, 9.17) is 4.74 Å². The lowest BCUT2D eigenvalue weighted by molar-refractivity contribution is -0.135. The first kappa shape index (κ1) is 15.9. The summed E-state index contributed by atoms with van der Waals surface area (Å²) >= 11 is 3.43. The Morgan fingerprint density at radius 2 is 2.11 bits per heavy atom. The number of esters is 1. The minimum atomic E-state index is -0.296. The molecule has 0 radical (unpaired) electrons. The van der Waals surface area contributed by atoms with E-state index in [9.17, 15) is 4.79 Å². The molecule has 19 heavy (non-hydrogen) atoms. The molecule has 0 unspecified atom stereocenters. The minimum absolute atomic E-state index is 0.296. The third-order valence-corrected chi connectivity index (χ3v) is 2.95. The summed E-state index contributed by atoms with van der Waals surface area (Å²) < 4.78 is 6.17. The molecule has 4 heteroatoms. The zero-order valence-electron chi connectivity index (χ0n) is 11.5. The van der Waals surface area contributed by atoms with E-state index in [1.54, 1.807) is 0 Å². The molecule has 0 atom stereocenters. The van der Waals surface area contributed by atoms with Crippen molar-refractivity contribution in [3.05, 3.63) is 34.3 Å². The van der Waals surface area contributed by atoms with Crippen LogP contribution in [0.2, 0.25) is 0 Å². The molecule has 0 aliphatic rings. The number of benzene rings is 1. The number of hydrogen-bond donors (Lipinski definition) is 0. The zero-order valence-corrected chi connectivity index (χ0v) is 13.1. The second-order valence-electron chi connectivity index (χ2n) is 4.27. The van der Waals surface area contributed by atoms with Crippen LogP contribution in [0, 0.1) is 0 Å². The van der Waals surface area contributed by atoms with Crippen molar-refractivity contribution in [1.82, 2.24) is 0 Å². The number of carbonyl (C=O) groups excluding carboxylic acids is 1. The van der Waals surface area contributed by atoms with E-state index in [-0.39, 0.29) is 5.97 Å². The summed E-state index contributed by atoms with van der Waals surface area (Å²) in [6, 6.07) is 7.89. The van der Waals surface area contributed by atoms with Crippen LogP contribution in [0.25, 0.3) is 0 Å². The number of carbonyl (C=O) groups is 1. The number of nitrogens with zero attached hydrogens (tertiary/aromatic N) is 1. The molecular weight excluding hydrogens is 306 g/mol. The van der Waals surface area contributed by atoms with Crippen LogP contribution in [0.4, 0.5) is 0 Å². The van der Waals surface area contributed by atoms with Crippen molar-refractivity contribution in [3.63, 3.8) is 0 Å². The van der Waals surface area contributed by atoms with Crippen LogP contribution in [-0.2, 0) is 16.0 Å². The smallest absolute Gasteiger partial charge is 0.352 e. The lowest BCUT2D eigenvalue weighted by atomic mass is 10.1. The summed E-state index contributed by atoms with van der Waals surface area (Å²) in [6.07, 6.45) is 2.26. The highest BCUT2D eigenvalue weighted by molar-refractivity contribution is 9.10. The van der Waals surface area contributed by atoms with E-state index in [1.807, 2.05) is 38.1 Å². The summed E-state index contributed by atoms with van der Waals surface area (Å²) in [7, 11) is 0. The fourth-order valence-corrected chi connectivity index (χ4v) is 2.00. The Balaban J connectivity index is 2.77. The molecule has 0 amide bonds. The average Bonchev–Trinajstić information content (AvgIpc) is 2.40. The van der Waals surface area contributed by atoms with E-state index in [0.29, 0.717) is 25.3 Å². The van der Waals surface area contributed by atoms with Crippen LogP contribution >= 0.6 is 15.9 Å². The quantitative estimate of drug-likeness (QED) is 0.565. The van der Waals surface area contributed by atoms with Crippen molar-refractivity contribution in [2.24, 2.45) is 4.99 Å². The highest BCUT2D eigenvalue weighted by Gasteiger charge is 2.13. The molecule has 0 saturated carbocycles. The third kappa shape index (κ3) is 6.01. The first-order valence-electron chi connectivity index (χ1n) is 6.62. The largest absolute Gasteiger partial charge is 0.461 e. The Morgan fingerprint density at radius 1 is 1.32 bits per heavy atom. The Bertz CT molecular complexity index is 444. The molecular formula is C15H20BrNO2. The summed E-state index contributed by atoms with van der Waals surface area (Å²) in [5.41, 5.74) is 1.56. The van der Waals surface area contributed by atoms with Gasteiger partial charge in [-0.2, -0.15) is 0 Å². The van der Waals surface area contributed by atoms with Crippen LogP contribution in [0.5, 0.6) is 0 Å². The van der Waals surface area contributed by atoms with Gasteiger partial charge in [0.1, 0.15) is 5.71 Å². The molecule has 0 aromatic heterocycles. The van der Waals surface area contributed by atoms with Crippen LogP contribution < -0.4 is 0 Å². The van der Waals surface area contributed by atoms with Crippen LogP contribution in [0.15, 0.2) is 33.7 Å². The van der Waals surface area contributed by atoms with Crippen molar-refractivity contribution < 1.29 is 9.53 Å². The van der Waals surface area contributed by atoms with Gasteiger partial charge in [0.25, 0.3) is 0 Å². The SMILES string of the molecule is CCCN=C(Cc1cccc(Br)c1)C(=O)OCCC. The maximum Gasteiger partial charge on any atom is 0.352 e. The molecule has 3 nitrogen and oxygen atoms in total. The molecule has 0 aliphatic carbocycles. The number of halogens is 1. The van der Waals surface area contributed by atoms with Gasteiger partial charge >= 0.3 is 5.97 Å². The summed E-state index contributed by atoms with van der Waals surface area (Å²) in [5, 5.41) is 0. The second kappa shape index (κ2) is 8.86. The fraction of sp³-hybridized carbons (Fsp3) is 0.467. The van der Waals surface area contributed by atoms with E-state index in [2.05, 4.69) is 20.9 Å². The van der Waals surface area contributed by atoms with Crippen molar-refractivity contribution >= 4 is 27.6 Å². The summed E-state index contributed by atoms with van der Waals surface area (Å²) in [5.74, 6) is -0.296. The Morgan fingerprint density at radius 3 is 2.74 bits per heavy atom. The van der Waals surface area contributed by atoms with E-state index < -0.39 is 0 Å². The predicted octanol–water partition coefficient (Wildman–Crippen LogP) is 3.80. The molecule has 0 spiro atoms. The van der Waals surface area contributed by atoms with Gasteiger partial charge in [-0.1, -0.05) is 41.9 Å². The normalized spacial score (nSPS) is 11.4. The van der Waals surface area contributed by atoms with Crippen molar-refractivity contribution in [2.75, 3.05) is 13.2 Å². The molecule has 0 bridgehead atoms. The highest BCUT2D eigenvalue weighted by Crippen LogP contribution is 2.13. The fourth-order valence-electron chi connectivity index (χ4n) is 1.56. The number of ether oxygens (including phenoxy) is 1.